The molecule has 0 N–H and O–H groups in total. The Morgan fingerprint density at radius 2 is 1.47 bits per heavy atom. The molecule has 1 aromatic carbocycles. The third-order valence-corrected chi connectivity index (χ3v) is 9.98. The van der Waals surface area contributed by atoms with Crippen molar-refractivity contribution in [2.45, 2.75) is 44.9 Å². The molecule has 0 atom stereocenters. The van der Waals surface area contributed by atoms with Gasteiger partial charge in [-0.25, -0.2) is 4.39 Å². The molecule has 17 heavy (non-hydrogen) atoms. The van der Waals surface area contributed by atoms with Gasteiger partial charge in [-0.3, -0.25) is 0 Å². The second kappa shape index (κ2) is 3.45. The fourth-order valence-electron chi connectivity index (χ4n) is 3.40. The van der Waals surface area contributed by atoms with Gasteiger partial charge in [0.05, 0.1) is 0 Å². The summed E-state index contributed by atoms with van der Waals surface area (Å²) in [5, 5.41) is 0.412. The van der Waals surface area contributed by atoms with Crippen LogP contribution in [0.3, 0.4) is 0 Å². The molecule has 1 aromatic rings. The summed E-state index contributed by atoms with van der Waals surface area (Å²) in [6.45, 7) is 10.4. The average molecular weight is 254 g/mol. The Morgan fingerprint density at radius 1 is 1.06 bits per heavy atom. The monoisotopic (exact) mass is 254 g/mol. The number of hydrogen-bond donors (Lipinski definition) is 0. The molecule has 1 saturated heterocycles. The molecule has 1 heterocycles. The lowest BCUT2D eigenvalue weighted by atomic mass is 9.83. The normalized spacial score (nSPS) is 34.1. The molecule has 1 nitrogen and oxygen atoms in total. The summed E-state index contributed by atoms with van der Waals surface area (Å²) in [5.41, 5.74) is 0. The predicted molar refractivity (Wildman–Crippen MR) is 71.0 cm³/mol. The molecule has 0 spiro atoms. The zero-order valence-corrected chi connectivity index (χ0v) is 12.0. The second-order valence-electron chi connectivity index (χ2n) is 6.11. The van der Waals surface area contributed by atoms with Crippen molar-refractivity contribution in [2.75, 3.05) is 0 Å². The summed E-state index contributed by atoms with van der Waals surface area (Å²) in [7, 11) is -2.49. The van der Waals surface area contributed by atoms with Gasteiger partial charge in [0.2, 0.25) is 0 Å². The number of benzene rings is 1. The second-order valence-corrected chi connectivity index (χ2v) is 10.2. The van der Waals surface area contributed by atoms with Crippen molar-refractivity contribution in [3.63, 3.8) is 0 Å². The molecule has 0 saturated carbocycles. The van der Waals surface area contributed by atoms with Gasteiger partial charge in [0.1, 0.15) is 13.0 Å². The van der Waals surface area contributed by atoms with Gasteiger partial charge in [-0.2, -0.15) is 0 Å². The van der Waals surface area contributed by atoms with Gasteiger partial charge >= 0.3 is 0 Å². The van der Waals surface area contributed by atoms with E-state index in [1.165, 1.54) is 12.1 Å². The minimum atomic E-state index is -2.49. The van der Waals surface area contributed by atoms with Crippen LogP contribution in [0.5, 0.6) is 0 Å². The van der Waals surface area contributed by atoms with Gasteiger partial charge in [-0.15, -0.1) is 0 Å². The highest BCUT2D eigenvalue weighted by molar-refractivity contribution is 7.76. The predicted octanol–water partition coefficient (Wildman–Crippen LogP) is 4.02. The summed E-state index contributed by atoms with van der Waals surface area (Å²) >= 11 is 0. The quantitative estimate of drug-likeness (QED) is 0.692. The van der Waals surface area contributed by atoms with Crippen LogP contribution in [-0.4, -0.2) is 10.3 Å². The van der Waals surface area contributed by atoms with Crippen molar-refractivity contribution in [2.24, 2.45) is 5.92 Å². The molecule has 0 bridgehead atoms. The zero-order valence-electron chi connectivity index (χ0n) is 11.1. The Morgan fingerprint density at radius 3 is 1.88 bits per heavy atom. The fourth-order valence-corrected chi connectivity index (χ4v) is 8.32. The minimum absolute atomic E-state index is 0.200. The van der Waals surface area contributed by atoms with Crippen LogP contribution in [-0.2, 0) is 4.57 Å². The molecule has 3 heteroatoms. The summed E-state index contributed by atoms with van der Waals surface area (Å²) in [4.78, 5) is 0. The molecule has 1 fully saturated rings. The molecular formula is C14H20FOP. The van der Waals surface area contributed by atoms with Crippen molar-refractivity contribution in [1.82, 2.24) is 0 Å². The van der Waals surface area contributed by atoms with Crippen LogP contribution in [0.4, 0.5) is 4.39 Å². The molecule has 0 unspecified atom stereocenters. The summed E-state index contributed by atoms with van der Waals surface area (Å²) < 4.78 is 26.3. The minimum Gasteiger partial charge on any atom is -0.317 e. The smallest absolute Gasteiger partial charge is 0.126 e. The van der Waals surface area contributed by atoms with Gasteiger partial charge in [-0.1, -0.05) is 34.6 Å². The standard InChI is InChI=1S/C14H20FOP/c1-10-13(2,3)17(16,14(10,4)5)12-8-6-11(15)7-9-12/h6-10H,1-5H3. The molecule has 2 rings (SSSR count). The Kier molecular flexibility index (Phi) is 2.60. The fraction of sp³-hybridized carbons (Fsp3) is 0.571. The first-order valence-corrected chi connectivity index (χ1v) is 7.73. The molecule has 1 aliphatic heterocycles. The zero-order chi connectivity index (χ0) is 13.1. The maximum Gasteiger partial charge on any atom is 0.126 e. The first-order chi connectivity index (χ1) is 7.65. The average Bonchev–Trinajstić information content (AvgIpc) is 2.27. The van der Waals surface area contributed by atoms with Crippen molar-refractivity contribution >= 4 is 12.4 Å². The Labute approximate surface area is 103 Å². The van der Waals surface area contributed by atoms with Crippen LogP contribution in [0.25, 0.3) is 0 Å². The summed E-state index contributed by atoms with van der Waals surface area (Å²) in [5.74, 6) is 0.121. The van der Waals surface area contributed by atoms with Crippen molar-refractivity contribution in [3.8, 4) is 0 Å². The van der Waals surface area contributed by atoms with E-state index in [2.05, 4.69) is 34.6 Å². The molecule has 94 valence electrons. The highest BCUT2D eigenvalue weighted by Crippen LogP contribution is 2.80. The highest BCUT2D eigenvalue weighted by atomic mass is 31.2. The van der Waals surface area contributed by atoms with Crippen molar-refractivity contribution in [1.29, 1.82) is 0 Å². The van der Waals surface area contributed by atoms with Gasteiger partial charge in [-0.05, 0) is 30.2 Å². The molecule has 0 amide bonds. The highest BCUT2D eigenvalue weighted by Gasteiger charge is 2.68. The van der Waals surface area contributed by atoms with E-state index in [0.29, 0.717) is 5.92 Å². The Bertz CT molecular complexity index is 467. The van der Waals surface area contributed by atoms with Gasteiger partial charge in [0, 0.05) is 15.6 Å². The first-order valence-electron chi connectivity index (χ1n) is 6.02. The summed E-state index contributed by atoms with van der Waals surface area (Å²) in [6.07, 6.45) is 0. The first kappa shape index (κ1) is 12.8. The van der Waals surface area contributed by atoms with Crippen LogP contribution >= 0.6 is 7.14 Å². The van der Waals surface area contributed by atoms with Crippen molar-refractivity contribution < 1.29 is 8.96 Å². The van der Waals surface area contributed by atoms with E-state index in [4.69, 9.17) is 0 Å². The topological polar surface area (TPSA) is 17.1 Å². The largest absolute Gasteiger partial charge is 0.317 e. The Hall–Kier alpha value is -0.620. The van der Waals surface area contributed by atoms with Crippen LogP contribution in [0.1, 0.15) is 34.6 Å². The lowest BCUT2D eigenvalue weighted by Crippen LogP contribution is -2.60. The molecule has 0 aromatic heterocycles. The number of rotatable bonds is 1. The van der Waals surface area contributed by atoms with E-state index in [1.54, 1.807) is 12.1 Å². The van der Waals surface area contributed by atoms with Crippen LogP contribution < -0.4 is 5.30 Å². The lowest BCUT2D eigenvalue weighted by molar-refractivity contribution is 0.276. The van der Waals surface area contributed by atoms with E-state index >= 15 is 0 Å². The van der Waals surface area contributed by atoms with Crippen LogP contribution in [0.15, 0.2) is 24.3 Å². The van der Waals surface area contributed by atoms with Gasteiger partial charge in [0.15, 0.2) is 0 Å². The lowest BCUT2D eigenvalue weighted by Gasteiger charge is -2.63. The van der Waals surface area contributed by atoms with E-state index in [9.17, 15) is 8.96 Å². The van der Waals surface area contributed by atoms with E-state index in [0.717, 1.165) is 5.30 Å². The van der Waals surface area contributed by atoms with Gasteiger partial charge in [0.25, 0.3) is 0 Å². The van der Waals surface area contributed by atoms with E-state index in [-0.39, 0.29) is 16.1 Å². The number of hydrogen-bond acceptors (Lipinski definition) is 1. The SMILES string of the molecule is CC1C(C)(C)P(=O)(c2ccc(F)cc2)C1(C)C. The van der Waals surface area contributed by atoms with Crippen LogP contribution in [0, 0.1) is 11.7 Å². The third-order valence-electron chi connectivity index (χ3n) is 4.93. The van der Waals surface area contributed by atoms with E-state index < -0.39 is 7.14 Å². The molecular weight excluding hydrogens is 234 g/mol. The maximum absolute atomic E-state index is 13.4. The maximum atomic E-state index is 13.4. The molecule has 1 aliphatic rings. The van der Waals surface area contributed by atoms with Crippen LogP contribution in [0.2, 0.25) is 0 Å². The number of halogens is 1. The van der Waals surface area contributed by atoms with Gasteiger partial charge < -0.3 is 4.57 Å². The Balaban J connectivity index is 2.57. The van der Waals surface area contributed by atoms with Crippen molar-refractivity contribution in [3.05, 3.63) is 30.1 Å². The molecule has 0 radical (unpaired) electrons. The third kappa shape index (κ3) is 1.34. The molecule has 0 aliphatic carbocycles. The van der Waals surface area contributed by atoms with E-state index in [1.807, 2.05) is 0 Å². The summed E-state index contributed by atoms with van der Waals surface area (Å²) in [6, 6.07) is 6.19.